The van der Waals surface area contributed by atoms with Crippen LogP contribution in [0.5, 0.6) is 11.5 Å². The average Bonchev–Trinajstić information content (AvgIpc) is 3.36. The molecule has 1 fully saturated rings. The molecule has 0 radical (unpaired) electrons. The van der Waals surface area contributed by atoms with Crippen molar-refractivity contribution in [2.75, 3.05) is 13.7 Å². The number of carbonyl (C=O) groups is 2. The molecule has 1 aliphatic heterocycles. The molecule has 3 N–H and O–H groups in total. The summed E-state index contributed by atoms with van der Waals surface area (Å²) in [5.41, 5.74) is -0.232. The van der Waals surface area contributed by atoms with Gasteiger partial charge in [0.2, 0.25) is 5.91 Å². The molecule has 0 bridgehead atoms. The number of ether oxygens (including phenoxy) is 2. The van der Waals surface area contributed by atoms with E-state index >= 15 is 0 Å². The minimum Gasteiger partial charge on any atom is -0.496 e. The molecule has 0 spiro atoms. The maximum Gasteiger partial charge on any atom is 0.490 e. The highest BCUT2D eigenvalue weighted by Gasteiger charge is 2.38. The predicted octanol–water partition coefficient (Wildman–Crippen LogP) is 3.83. The number of nitrogens with zero attached hydrogens (tertiary/aromatic N) is 1. The Morgan fingerprint density at radius 1 is 1.16 bits per heavy atom. The van der Waals surface area contributed by atoms with E-state index in [1.54, 1.807) is 0 Å². The van der Waals surface area contributed by atoms with Crippen LogP contribution >= 0.6 is 0 Å². The van der Waals surface area contributed by atoms with E-state index in [9.17, 15) is 35.5 Å². The first-order chi connectivity index (χ1) is 17.2. The van der Waals surface area contributed by atoms with Gasteiger partial charge in [0.1, 0.15) is 18.1 Å². The van der Waals surface area contributed by atoms with Crippen LogP contribution in [0.2, 0.25) is 0 Å². The number of hydrogen-bond donors (Lipinski definition) is 3. The van der Waals surface area contributed by atoms with Gasteiger partial charge >= 0.3 is 18.3 Å². The zero-order chi connectivity index (χ0) is 27.8. The molecule has 1 saturated heterocycles. The van der Waals surface area contributed by atoms with Crippen LogP contribution in [0.25, 0.3) is 0 Å². The number of nitrogens with one attached hydrogen (secondary N) is 2. The Labute approximate surface area is 205 Å². The number of carboxylic acids is 1. The van der Waals surface area contributed by atoms with Gasteiger partial charge in [-0.25, -0.2) is 9.18 Å². The lowest BCUT2D eigenvalue weighted by molar-refractivity contribution is -0.192. The molecular formula is C22H22F7N3O5. The second kappa shape index (κ2) is 12.6. The summed E-state index contributed by atoms with van der Waals surface area (Å²) in [5.74, 6) is -3.41. The van der Waals surface area contributed by atoms with Crippen LogP contribution in [0.15, 0.2) is 30.5 Å². The number of carbonyl (C=O) groups excluding carboxylic acids is 1. The van der Waals surface area contributed by atoms with Crippen molar-refractivity contribution >= 4 is 11.9 Å². The largest absolute Gasteiger partial charge is 0.496 e. The average molecular weight is 541 g/mol. The Bertz CT molecular complexity index is 1070. The van der Waals surface area contributed by atoms with E-state index in [0.717, 1.165) is 31.6 Å². The van der Waals surface area contributed by atoms with Crippen molar-refractivity contribution in [3.05, 3.63) is 53.1 Å². The summed E-state index contributed by atoms with van der Waals surface area (Å²) in [4.78, 5) is 24.3. The van der Waals surface area contributed by atoms with Crippen LogP contribution in [0, 0.1) is 5.82 Å². The first-order valence-corrected chi connectivity index (χ1v) is 10.5. The van der Waals surface area contributed by atoms with Crippen LogP contribution in [-0.4, -0.2) is 47.8 Å². The molecule has 204 valence electrons. The summed E-state index contributed by atoms with van der Waals surface area (Å²) in [5, 5.41) is 13.0. The van der Waals surface area contributed by atoms with Crippen LogP contribution in [-0.2, 0) is 28.9 Å². The molecule has 2 heterocycles. The number of benzene rings is 1. The summed E-state index contributed by atoms with van der Waals surface area (Å²) in [6.45, 7) is 0.700. The lowest BCUT2D eigenvalue weighted by atomic mass is 10.1. The second-order valence-electron chi connectivity index (χ2n) is 7.60. The van der Waals surface area contributed by atoms with Crippen molar-refractivity contribution in [3.63, 3.8) is 0 Å². The van der Waals surface area contributed by atoms with E-state index in [1.165, 1.54) is 25.3 Å². The molecule has 8 nitrogen and oxygen atoms in total. The number of halogens is 7. The van der Waals surface area contributed by atoms with Crippen LogP contribution < -0.4 is 20.1 Å². The van der Waals surface area contributed by atoms with Gasteiger partial charge < -0.3 is 25.2 Å². The number of alkyl halides is 6. The summed E-state index contributed by atoms with van der Waals surface area (Å²) in [6.07, 6.45) is -6.91. The Kier molecular flexibility index (Phi) is 10.1. The first-order valence-electron chi connectivity index (χ1n) is 10.5. The summed E-state index contributed by atoms with van der Waals surface area (Å²) in [7, 11) is 1.40. The van der Waals surface area contributed by atoms with Gasteiger partial charge in [0.05, 0.1) is 13.2 Å². The number of carboxylic acid groups (broad SMARTS) is 1. The molecule has 15 heteroatoms. The molecule has 1 aromatic heterocycles. The lowest BCUT2D eigenvalue weighted by Gasteiger charge is -2.15. The molecular weight excluding hydrogens is 519 g/mol. The molecule has 0 unspecified atom stereocenters. The minimum absolute atomic E-state index is 0.0835. The van der Waals surface area contributed by atoms with E-state index < -0.39 is 29.8 Å². The Morgan fingerprint density at radius 3 is 2.32 bits per heavy atom. The fraction of sp³-hybridized carbons (Fsp3) is 0.409. The smallest absolute Gasteiger partial charge is 0.490 e. The van der Waals surface area contributed by atoms with Gasteiger partial charge in [-0.2, -0.15) is 26.3 Å². The fourth-order valence-corrected chi connectivity index (χ4v) is 3.07. The normalized spacial score (nSPS) is 15.4. The van der Waals surface area contributed by atoms with Crippen molar-refractivity contribution in [1.29, 1.82) is 0 Å². The van der Waals surface area contributed by atoms with Crippen LogP contribution in [0.1, 0.15) is 29.7 Å². The third kappa shape index (κ3) is 9.08. The van der Waals surface area contributed by atoms with Crippen molar-refractivity contribution in [3.8, 4) is 11.5 Å². The van der Waals surface area contributed by atoms with E-state index in [0.29, 0.717) is 16.9 Å². The molecule has 0 aliphatic carbocycles. The fourth-order valence-electron chi connectivity index (χ4n) is 3.07. The van der Waals surface area contributed by atoms with Gasteiger partial charge in [-0.3, -0.25) is 9.78 Å². The van der Waals surface area contributed by atoms with E-state index in [1.807, 2.05) is 0 Å². The molecule has 3 rings (SSSR count). The Hall–Kier alpha value is -3.62. The monoisotopic (exact) mass is 541 g/mol. The van der Waals surface area contributed by atoms with E-state index in [4.69, 9.17) is 19.4 Å². The topological polar surface area (TPSA) is 110 Å². The highest BCUT2D eigenvalue weighted by Crippen LogP contribution is 2.30. The highest BCUT2D eigenvalue weighted by molar-refractivity contribution is 5.82. The molecule has 2 aromatic rings. The van der Waals surface area contributed by atoms with Crippen LogP contribution in [0.4, 0.5) is 30.7 Å². The summed E-state index contributed by atoms with van der Waals surface area (Å²) >= 11 is 0. The van der Waals surface area contributed by atoms with Crippen molar-refractivity contribution in [2.24, 2.45) is 0 Å². The zero-order valence-corrected chi connectivity index (χ0v) is 19.2. The molecule has 1 amide bonds. The molecule has 1 aromatic carbocycles. The third-order valence-corrected chi connectivity index (χ3v) is 4.92. The molecule has 0 saturated carbocycles. The number of pyridine rings is 1. The summed E-state index contributed by atoms with van der Waals surface area (Å²) in [6, 6.07) is 4.33. The first kappa shape index (κ1) is 29.6. The Balaban J connectivity index is 0.000000604. The number of aliphatic carboxylic acids is 1. The van der Waals surface area contributed by atoms with Gasteiger partial charge in [0.15, 0.2) is 11.6 Å². The maximum atomic E-state index is 14.4. The lowest BCUT2D eigenvalue weighted by Crippen LogP contribution is -2.40. The van der Waals surface area contributed by atoms with Crippen molar-refractivity contribution < 1.29 is 54.9 Å². The molecule has 37 heavy (non-hydrogen) atoms. The number of amides is 1. The quantitative estimate of drug-likeness (QED) is 0.457. The number of rotatable bonds is 7. The minimum atomic E-state index is -5.08. The number of hydrogen-bond acceptors (Lipinski definition) is 6. The van der Waals surface area contributed by atoms with Gasteiger partial charge in [-0.05, 0) is 31.5 Å². The number of aromatic nitrogens is 1. The van der Waals surface area contributed by atoms with Crippen molar-refractivity contribution in [1.82, 2.24) is 15.6 Å². The van der Waals surface area contributed by atoms with Gasteiger partial charge in [-0.15, -0.1) is 0 Å². The SMILES string of the molecule is COc1cc(OCc2ccc(C(F)(F)F)nc2)c(F)cc1CNC(=O)[C@@H]1CCCN1.O=C(O)C(F)(F)F. The standard InChI is InChI=1S/C20H21F4N3O3.C2HF3O2/c1-29-16-8-17(30-11-12-4-5-18(26-9-12)20(22,23)24)14(21)7-13(16)10-27-19(28)15-3-2-6-25-15;3-2(4,5)1(6)7/h4-5,7-9,15,25H,2-3,6,10-11H2,1H3,(H,27,28);(H,6,7)/t15-;/m0./s1. The molecule has 1 aliphatic rings. The number of methoxy groups -OCH3 is 1. The van der Waals surface area contributed by atoms with Gasteiger partial charge in [0.25, 0.3) is 0 Å². The maximum absolute atomic E-state index is 14.4. The highest BCUT2D eigenvalue weighted by atomic mass is 19.4. The van der Waals surface area contributed by atoms with Crippen LogP contribution in [0.3, 0.4) is 0 Å². The zero-order valence-electron chi connectivity index (χ0n) is 19.2. The third-order valence-electron chi connectivity index (χ3n) is 4.92. The van der Waals surface area contributed by atoms with E-state index in [2.05, 4.69) is 15.6 Å². The van der Waals surface area contributed by atoms with Gasteiger partial charge in [-0.1, -0.05) is 6.07 Å². The van der Waals surface area contributed by atoms with Gasteiger partial charge in [0, 0.05) is 29.9 Å². The summed E-state index contributed by atoms with van der Waals surface area (Å²) < 4.78 is 94.5. The Morgan fingerprint density at radius 2 is 1.84 bits per heavy atom. The van der Waals surface area contributed by atoms with E-state index in [-0.39, 0.29) is 30.9 Å². The predicted molar refractivity (Wildman–Crippen MR) is 113 cm³/mol. The molecule has 1 atom stereocenters. The van der Waals surface area contributed by atoms with Crippen molar-refractivity contribution in [2.45, 2.75) is 44.4 Å². The second-order valence-corrected chi connectivity index (χ2v) is 7.60.